The zero-order chi connectivity index (χ0) is 15.1. The summed E-state index contributed by atoms with van der Waals surface area (Å²) in [5, 5.41) is 0.740. The maximum absolute atomic E-state index is 11.9. The molecule has 0 atom stereocenters. The Morgan fingerprint density at radius 3 is 2.57 bits per heavy atom. The number of hydrogen-bond acceptors (Lipinski definition) is 3. The lowest BCUT2D eigenvalue weighted by atomic mass is 10.1. The first kappa shape index (κ1) is 13.2. The highest BCUT2D eigenvalue weighted by atomic mass is 16.5. The van der Waals surface area contributed by atoms with Crippen molar-refractivity contribution in [3.05, 3.63) is 47.7 Å². The first-order chi connectivity index (χ1) is 10.0. The van der Waals surface area contributed by atoms with E-state index in [1.807, 2.05) is 24.3 Å². The number of hydrogen-bond donors (Lipinski definition) is 1. The van der Waals surface area contributed by atoms with Gasteiger partial charge in [0.05, 0.1) is 18.2 Å². The van der Waals surface area contributed by atoms with Crippen LogP contribution in [0.5, 0.6) is 5.75 Å². The molecule has 106 valence electrons. The summed E-state index contributed by atoms with van der Waals surface area (Å²) in [7, 11) is 1.50. The number of carbonyl (C=O) groups is 2. The van der Waals surface area contributed by atoms with Crippen molar-refractivity contribution in [3.8, 4) is 5.75 Å². The number of methoxy groups -OCH3 is 1. The molecule has 0 spiro atoms. The fourth-order valence-corrected chi connectivity index (χ4v) is 2.62. The van der Waals surface area contributed by atoms with Gasteiger partial charge >= 0.3 is 0 Å². The number of ketones is 1. The number of primary amides is 1. The van der Waals surface area contributed by atoms with Crippen molar-refractivity contribution in [2.45, 2.75) is 6.92 Å². The standard InChI is InChI=1S/C16H14N2O3/c1-9(19)10-7-13(21-2)15-14(16(17)20)11-5-3-4-6-12(11)18(15)8-10/h3-8H,1-2H3,(H2,17,20). The molecule has 0 saturated carbocycles. The predicted octanol–water partition coefficient (Wildman–Crippen LogP) is 2.40. The monoisotopic (exact) mass is 282 g/mol. The number of fused-ring (bicyclic) bond motifs is 3. The molecule has 5 nitrogen and oxygen atoms in total. The summed E-state index contributed by atoms with van der Waals surface area (Å²) in [6.07, 6.45) is 1.70. The Bertz CT molecular complexity index is 893. The molecule has 2 N–H and O–H groups in total. The molecule has 1 amide bonds. The predicted molar refractivity (Wildman–Crippen MR) is 80.0 cm³/mol. The minimum Gasteiger partial charge on any atom is -0.495 e. The second kappa shape index (κ2) is 4.63. The number of para-hydroxylation sites is 1. The van der Waals surface area contributed by atoms with Crippen LogP contribution in [-0.2, 0) is 0 Å². The van der Waals surface area contributed by atoms with Gasteiger partial charge in [-0.2, -0.15) is 0 Å². The molecule has 3 rings (SSSR count). The van der Waals surface area contributed by atoms with Gasteiger partial charge in [-0.25, -0.2) is 0 Å². The molecule has 0 aliphatic heterocycles. The lowest BCUT2D eigenvalue weighted by Gasteiger charge is -2.08. The summed E-state index contributed by atoms with van der Waals surface area (Å²) >= 11 is 0. The van der Waals surface area contributed by atoms with E-state index in [1.165, 1.54) is 14.0 Å². The third kappa shape index (κ3) is 1.86. The summed E-state index contributed by atoms with van der Waals surface area (Å²) in [6, 6.07) is 9.04. The van der Waals surface area contributed by atoms with E-state index >= 15 is 0 Å². The average Bonchev–Trinajstić information content (AvgIpc) is 2.80. The Hall–Kier alpha value is -2.82. The van der Waals surface area contributed by atoms with Gasteiger partial charge in [-0.1, -0.05) is 18.2 Å². The molecular formula is C16H14N2O3. The minimum absolute atomic E-state index is 0.0754. The van der Waals surface area contributed by atoms with Crippen LogP contribution in [0.1, 0.15) is 27.6 Å². The smallest absolute Gasteiger partial charge is 0.251 e. The second-order valence-corrected chi connectivity index (χ2v) is 4.83. The molecule has 0 aliphatic rings. The van der Waals surface area contributed by atoms with Crippen LogP contribution in [0.25, 0.3) is 16.4 Å². The zero-order valence-corrected chi connectivity index (χ0v) is 11.7. The second-order valence-electron chi connectivity index (χ2n) is 4.83. The minimum atomic E-state index is -0.525. The van der Waals surface area contributed by atoms with Crippen LogP contribution in [-0.4, -0.2) is 23.2 Å². The van der Waals surface area contributed by atoms with Gasteiger partial charge in [0.25, 0.3) is 5.91 Å². The van der Waals surface area contributed by atoms with Gasteiger partial charge in [-0.3, -0.25) is 9.59 Å². The van der Waals surface area contributed by atoms with E-state index < -0.39 is 5.91 Å². The van der Waals surface area contributed by atoms with Gasteiger partial charge in [-0.05, 0) is 19.1 Å². The number of nitrogens with zero attached hydrogens (tertiary/aromatic N) is 1. The van der Waals surface area contributed by atoms with Crippen LogP contribution in [0.3, 0.4) is 0 Å². The summed E-state index contributed by atoms with van der Waals surface area (Å²) in [5.74, 6) is -0.149. The third-order valence-corrected chi connectivity index (χ3v) is 3.57. The fourth-order valence-electron chi connectivity index (χ4n) is 2.62. The van der Waals surface area contributed by atoms with E-state index in [-0.39, 0.29) is 5.78 Å². The largest absolute Gasteiger partial charge is 0.495 e. The van der Waals surface area contributed by atoms with Crippen LogP contribution in [0, 0.1) is 0 Å². The number of pyridine rings is 1. The van der Waals surface area contributed by atoms with E-state index in [1.54, 1.807) is 16.7 Å². The Kier molecular flexibility index (Phi) is 2.90. The highest BCUT2D eigenvalue weighted by Crippen LogP contribution is 2.33. The molecule has 0 bridgehead atoms. The zero-order valence-electron chi connectivity index (χ0n) is 11.7. The van der Waals surface area contributed by atoms with Crippen LogP contribution >= 0.6 is 0 Å². The van der Waals surface area contributed by atoms with E-state index in [9.17, 15) is 9.59 Å². The first-order valence-electron chi connectivity index (χ1n) is 6.46. The van der Waals surface area contributed by atoms with E-state index in [0.717, 1.165) is 10.9 Å². The normalized spacial score (nSPS) is 11.0. The number of rotatable bonds is 3. The summed E-state index contributed by atoms with van der Waals surface area (Å²) in [5.41, 5.74) is 7.84. The van der Waals surface area contributed by atoms with Crippen molar-refractivity contribution in [2.75, 3.05) is 7.11 Å². The molecule has 2 heterocycles. The van der Waals surface area contributed by atoms with Gasteiger partial charge in [0.1, 0.15) is 11.3 Å². The van der Waals surface area contributed by atoms with E-state index in [0.29, 0.717) is 22.4 Å². The highest BCUT2D eigenvalue weighted by molar-refractivity contribution is 6.15. The summed E-state index contributed by atoms with van der Waals surface area (Å²) in [4.78, 5) is 23.5. The van der Waals surface area contributed by atoms with Crippen molar-refractivity contribution in [3.63, 3.8) is 0 Å². The fraction of sp³-hybridized carbons (Fsp3) is 0.125. The number of carbonyl (C=O) groups excluding carboxylic acids is 2. The van der Waals surface area contributed by atoms with Crippen molar-refractivity contribution >= 4 is 28.1 Å². The molecule has 1 aromatic carbocycles. The number of ether oxygens (including phenoxy) is 1. The topological polar surface area (TPSA) is 73.8 Å². The number of aromatic nitrogens is 1. The van der Waals surface area contributed by atoms with E-state index in [2.05, 4.69) is 0 Å². The number of Topliss-reactive ketones (excluding diaryl/α,β-unsaturated/α-hetero) is 1. The SMILES string of the molecule is COc1cc(C(C)=O)cn2c1c(C(N)=O)c1ccccc12. The third-order valence-electron chi connectivity index (χ3n) is 3.57. The molecule has 0 fully saturated rings. The van der Waals surface area contributed by atoms with Gasteiger partial charge in [-0.15, -0.1) is 0 Å². The molecule has 5 heteroatoms. The van der Waals surface area contributed by atoms with Crippen LogP contribution < -0.4 is 10.5 Å². The number of benzene rings is 1. The summed E-state index contributed by atoms with van der Waals surface area (Å²) in [6.45, 7) is 1.49. The van der Waals surface area contributed by atoms with Gasteiger partial charge in [0.15, 0.2) is 5.78 Å². The lowest BCUT2D eigenvalue weighted by Crippen LogP contribution is -2.11. The lowest BCUT2D eigenvalue weighted by molar-refractivity contribution is 0.0999. The maximum atomic E-state index is 11.9. The molecular weight excluding hydrogens is 268 g/mol. The average molecular weight is 282 g/mol. The Morgan fingerprint density at radius 1 is 1.24 bits per heavy atom. The van der Waals surface area contributed by atoms with Crippen molar-refractivity contribution in [1.29, 1.82) is 0 Å². The molecule has 0 radical (unpaired) electrons. The van der Waals surface area contributed by atoms with Crippen LogP contribution in [0.2, 0.25) is 0 Å². The van der Waals surface area contributed by atoms with Gasteiger partial charge in [0, 0.05) is 17.1 Å². The summed E-state index contributed by atoms with van der Waals surface area (Å²) < 4.78 is 7.14. The Labute approximate surface area is 120 Å². The van der Waals surface area contributed by atoms with Gasteiger partial charge in [0.2, 0.25) is 0 Å². The van der Waals surface area contributed by atoms with Crippen molar-refractivity contribution in [1.82, 2.24) is 4.40 Å². The number of nitrogens with two attached hydrogens (primary N) is 1. The number of amides is 1. The van der Waals surface area contributed by atoms with Gasteiger partial charge < -0.3 is 14.9 Å². The Morgan fingerprint density at radius 2 is 1.95 bits per heavy atom. The maximum Gasteiger partial charge on any atom is 0.251 e. The molecule has 2 aromatic heterocycles. The van der Waals surface area contributed by atoms with E-state index in [4.69, 9.17) is 10.5 Å². The quantitative estimate of drug-likeness (QED) is 0.750. The van der Waals surface area contributed by atoms with Crippen molar-refractivity contribution < 1.29 is 14.3 Å². The molecule has 21 heavy (non-hydrogen) atoms. The van der Waals surface area contributed by atoms with Crippen LogP contribution in [0.4, 0.5) is 0 Å². The molecule has 0 aliphatic carbocycles. The van der Waals surface area contributed by atoms with Crippen molar-refractivity contribution in [2.24, 2.45) is 5.73 Å². The molecule has 0 saturated heterocycles. The molecule has 3 aromatic rings. The Balaban J connectivity index is 2.59. The van der Waals surface area contributed by atoms with Crippen LogP contribution in [0.15, 0.2) is 36.5 Å². The highest BCUT2D eigenvalue weighted by Gasteiger charge is 2.20. The molecule has 0 unspecified atom stereocenters. The first-order valence-corrected chi connectivity index (χ1v) is 6.46.